The maximum atomic E-state index is 14.7. The zero-order valence-corrected chi connectivity index (χ0v) is 45.7. The number of fused-ring (bicyclic) bond motifs is 4. The second-order valence-corrected chi connectivity index (χ2v) is 24.4. The number of hydrogen-bond acceptors (Lipinski definition) is 4. The molecule has 4 nitrogen and oxygen atoms in total. The van der Waals surface area contributed by atoms with Gasteiger partial charge in [0.25, 0.3) is 0 Å². The van der Waals surface area contributed by atoms with Gasteiger partial charge in [0.05, 0.1) is 9.79 Å². The van der Waals surface area contributed by atoms with Gasteiger partial charge in [0.1, 0.15) is 0 Å². The fraction of sp³-hybridized carbons (Fsp3) is 0.273. The van der Waals surface area contributed by atoms with Crippen LogP contribution in [0.4, 0.5) is 34.1 Å². The molecule has 10 rings (SSSR count). The number of rotatable bonds is 12. The quantitative estimate of drug-likeness (QED) is 0.114. The van der Waals surface area contributed by atoms with Crippen LogP contribution in [0.1, 0.15) is 152 Å². The fourth-order valence-corrected chi connectivity index (χ4v) is 13.1. The predicted octanol–water partition coefficient (Wildman–Crippen LogP) is 13.9. The summed E-state index contributed by atoms with van der Waals surface area (Å²) in [6.07, 6.45) is 0. The molecule has 0 atom stereocenters. The topological polar surface area (TPSA) is 40.6 Å². The molecule has 0 saturated heterocycles. The van der Waals surface area contributed by atoms with Crippen molar-refractivity contribution in [2.24, 2.45) is 0 Å². The van der Waals surface area contributed by atoms with E-state index in [0.717, 1.165) is 34.1 Å². The van der Waals surface area contributed by atoms with Crippen LogP contribution in [-0.2, 0) is 9.84 Å². The summed E-state index contributed by atoms with van der Waals surface area (Å²) in [4.78, 5) is 5.14. The van der Waals surface area contributed by atoms with Crippen molar-refractivity contribution < 1.29 is 8.42 Å². The number of hydrogen-bond donors (Lipinski definition) is 0. The van der Waals surface area contributed by atoms with E-state index in [2.05, 4.69) is 214 Å². The van der Waals surface area contributed by atoms with E-state index in [4.69, 9.17) is 0 Å². The van der Waals surface area contributed by atoms with Crippen molar-refractivity contribution in [3.63, 3.8) is 0 Å². The van der Waals surface area contributed by atoms with Crippen LogP contribution in [0.25, 0.3) is 0 Å². The summed E-state index contributed by atoms with van der Waals surface area (Å²) < 4.78 is 29.3. The SMILES string of the molecule is CC(C)c1cc(C(C)C)c(B2c3ccccc3N(c3ccc(S(=O)(=O)c4ccc(N5c6ccccc6B(c6c(C(C)C)cc(C(C)C)cc6C(C)C)c6ccccc65)cc4)cc3)c3ccccc32)c(C(C)C)c1. The van der Waals surface area contributed by atoms with Gasteiger partial charge in [-0.2, -0.15) is 0 Å². The first-order chi connectivity index (χ1) is 35.0. The molecule has 2 aliphatic heterocycles. The molecule has 8 aromatic carbocycles. The molecular formula is C66H70B2N2O2S. The first-order valence-corrected chi connectivity index (χ1v) is 28.2. The summed E-state index contributed by atoms with van der Waals surface area (Å²) in [6, 6.07) is 59.9. The van der Waals surface area contributed by atoms with Crippen LogP contribution in [-0.4, -0.2) is 21.8 Å². The van der Waals surface area contributed by atoms with Crippen molar-refractivity contribution >= 4 is 90.2 Å². The van der Waals surface area contributed by atoms with E-state index in [9.17, 15) is 8.42 Å². The van der Waals surface area contributed by atoms with Gasteiger partial charge in [-0.3, -0.25) is 0 Å². The Morgan fingerprint density at radius 3 is 0.808 bits per heavy atom. The van der Waals surface area contributed by atoms with Crippen molar-refractivity contribution in [2.45, 2.75) is 128 Å². The van der Waals surface area contributed by atoms with Gasteiger partial charge in [-0.15, -0.1) is 0 Å². The Labute approximate surface area is 437 Å². The Bertz CT molecular complexity index is 3090. The second-order valence-electron chi connectivity index (χ2n) is 22.4. The Morgan fingerprint density at radius 1 is 0.329 bits per heavy atom. The molecule has 0 amide bonds. The number of sulfone groups is 1. The Balaban J connectivity index is 1.00. The molecule has 8 aromatic rings. The van der Waals surface area contributed by atoms with E-state index in [0.29, 0.717) is 35.5 Å². The maximum absolute atomic E-state index is 14.7. The highest BCUT2D eigenvalue weighted by Crippen LogP contribution is 2.41. The van der Waals surface area contributed by atoms with Gasteiger partial charge in [0.15, 0.2) is 0 Å². The van der Waals surface area contributed by atoms with Gasteiger partial charge in [-0.05, 0) is 164 Å². The molecule has 0 spiro atoms. The van der Waals surface area contributed by atoms with Crippen LogP contribution < -0.4 is 42.6 Å². The minimum atomic E-state index is -3.87. The lowest BCUT2D eigenvalue weighted by Gasteiger charge is -2.39. The summed E-state index contributed by atoms with van der Waals surface area (Å²) in [5.74, 6) is 2.23. The fourth-order valence-electron chi connectivity index (χ4n) is 11.9. The molecule has 2 aliphatic rings. The van der Waals surface area contributed by atoms with Crippen LogP contribution in [0.5, 0.6) is 0 Å². The smallest absolute Gasteiger partial charge is 0.247 e. The molecule has 0 aliphatic carbocycles. The van der Waals surface area contributed by atoms with Gasteiger partial charge in [-0.25, -0.2) is 8.42 Å². The first-order valence-electron chi connectivity index (χ1n) is 26.7. The summed E-state index contributed by atoms with van der Waals surface area (Å²) >= 11 is 0. The van der Waals surface area contributed by atoms with E-state index in [1.54, 1.807) is 24.3 Å². The Hall–Kier alpha value is -6.56. The monoisotopic (exact) mass is 977 g/mol. The highest BCUT2D eigenvalue weighted by atomic mass is 32.2. The Morgan fingerprint density at radius 2 is 0.575 bits per heavy atom. The molecular weight excluding hydrogens is 906 g/mol. The van der Waals surface area contributed by atoms with Crippen LogP contribution in [0, 0.1) is 0 Å². The second kappa shape index (κ2) is 19.7. The molecule has 2 heterocycles. The molecule has 73 heavy (non-hydrogen) atoms. The van der Waals surface area contributed by atoms with Gasteiger partial charge < -0.3 is 9.80 Å². The van der Waals surface area contributed by atoms with E-state index in [1.165, 1.54) is 66.2 Å². The van der Waals surface area contributed by atoms with Gasteiger partial charge in [-0.1, -0.05) is 191 Å². The number of anilines is 6. The van der Waals surface area contributed by atoms with Gasteiger partial charge in [0.2, 0.25) is 23.3 Å². The van der Waals surface area contributed by atoms with Crippen LogP contribution in [0.3, 0.4) is 0 Å². The lowest BCUT2D eigenvalue weighted by Crippen LogP contribution is -2.59. The molecule has 0 radical (unpaired) electrons. The van der Waals surface area contributed by atoms with Crippen molar-refractivity contribution in [3.8, 4) is 0 Å². The minimum Gasteiger partial charge on any atom is -0.312 e. The van der Waals surface area contributed by atoms with Crippen LogP contribution in [0.15, 0.2) is 180 Å². The third-order valence-corrected chi connectivity index (χ3v) is 17.5. The average Bonchev–Trinajstić information content (AvgIpc) is 3.38. The van der Waals surface area contributed by atoms with Crippen molar-refractivity contribution in [1.29, 1.82) is 0 Å². The zero-order chi connectivity index (χ0) is 51.6. The van der Waals surface area contributed by atoms with Gasteiger partial charge >= 0.3 is 0 Å². The molecule has 0 bridgehead atoms. The molecule has 368 valence electrons. The number of benzene rings is 8. The third-order valence-electron chi connectivity index (χ3n) is 15.7. The van der Waals surface area contributed by atoms with Crippen molar-refractivity contribution in [1.82, 2.24) is 0 Å². The van der Waals surface area contributed by atoms with E-state index in [-0.39, 0.29) is 23.2 Å². The third kappa shape index (κ3) is 8.76. The average molecular weight is 977 g/mol. The van der Waals surface area contributed by atoms with Crippen LogP contribution in [0.2, 0.25) is 0 Å². The number of nitrogens with zero attached hydrogens (tertiary/aromatic N) is 2. The molecule has 0 unspecified atom stereocenters. The highest BCUT2D eigenvalue weighted by Gasteiger charge is 2.40. The summed E-state index contributed by atoms with van der Waals surface area (Å²) in [6.45, 7) is 27.8. The van der Waals surface area contributed by atoms with E-state index >= 15 is 0 Å². The maximum Gasteiger partial charge on any atom is 0.247 e. The standard InChI is InChI=1S/C66H70B2N2O2S/c1-41(2)47-37-53(43(5)6)65(54(38-47)44(7)8)67-57-21-13-17-25-61(57)69(62-26-18-14-22-58(62)67)49-29-33-51(34-30-49)73(71,72)52-35-31-50(32-36-52)70-63-27-19-15-23-59(63)68(60-24-16-20-28-64(60)70)66-55(45(9)10)39-48(42(3)4)40-56(66)46(11)12/h13-46H,1-12H3. The molecule has 0 fully saturated rings. The predicted molar refractivity (Wildman–Crippen MR) is 314 cm³/mol. The molecule has 0 saturated carbocycles. The van der Waals surface area contributed by atoms with Crippen LogP contribution >= 0.6 is 0 Å². The highest BCUT2D eigenvalue weighted by molar-refractivity contribution is 7.91. The molecule has 0 aromatic heterocycles. The van der Waals surface area contributed by atoms with E-state index < -0.39 is 9.84 Å². The number of para-hydroxylation sites is 4. The molecule has 7 heteroatoms. The summed E-state index contributed by atoms with van der Waals surface area (Å²) in [5.41, 5.74) is 22.4. The van der Waals surface area contributed by atoms with Crippen molar-refractivity contribution in [2.75, 3.05) is 9.80 Å². The minimum absolute atomic E-state index is 0.0352. The lowest BCUT2D eigenvalue weighted by atomic mass is 9.33. The zero-order valence-electron chi connectivity index (χ0n) is 44.9. The van der Waals surface area contributed by atoms with E-state index in [1.807, 2.05) is 24.3 Å². The largest absolute Gasteiger partial charge is 0.312 e. The lowest BCUT2D eigenvalue weighted by molar-refractivity contribution is 0.596. The van der Waals surface area contributed by atoms with Crippen molar-refractivity contribution in [3.05, 3.63) is 203 Å². The summed E-state index contributed by atoms with van der Waals surface area (Å²) in [7, 11) is -3.87. The first kappa shape index (κ1) is 50.0. The normalized spacial score (nSPS) is 13.4. The van der Waals surface area contributed by atoms with Gasteiger partial charge in [0, 0.05) is 34.1 Å². The Kier molecular flexibility index (Phi) is 13.5. The summed E-state index contributed by atoms with van der Waals surface area (Å²) in [5, 5.41) is 0. The molecule has 0 N–H and O–H groups in total.